The van der Waals surface area contributed by atoms with Crippen molar-refractivity contribution in [2.24, 2.45) is 10.7 Å². The normalized spacial score (nSPS) is 15.8. The van der Waals surface area contributed by atoms with Crippen LogP contribution in [0.25, 0.3) is 0 Å². The Labute approximate surface area is 138 Å². The highest BCUT2D eigenvalue weighted by atomic mass is 16.5. The van der Waals surface area contributed by atoms with Crippen molar-refractivity contribution in [2.45, 2.75) is 51.7 Å². The number of pyridine rings is 1. The number of guanidine groups is 1. The van der Waals surface area contributed by atoms with E-state index in [2.05, 4.69) is 15.3 Å². The van der Waals surface area contributed by atoms with Gasteiger partial charge in [-0.2, -0.15) is 0 Å². The average molecular weight is 320 g/mol. The quantitative estimate of drug-likeness (QED) is 0.414. The van der Waals surface area contributed by atoms with Crippen LogP contribution in [0.1, 0.15) is 44.6 Å². The fourth-order valence-electron chi connectivity index (χ4n) is 2.56. The van der Waals surface area contributed by atoms with Crippen LogP contribution in [0.3, 0.4) is 0 Å². The smallest absolute Gasteiger partial charge is 0.213 e. The topological polar surface area (TPSA) is 81.8 Å². The Bertz CT molecular complexity index is 487. The summed E-state index contributed by atoms with van der Waals surface area (Å²) >= 11 is 0. The molecule has 6 nitrogen and oxygen atoms in total. The summed E-state index contributed by atoms with van der Waals surface area (Å²) in [6, 6.07) is 3.89. The van der Waals surface area contributed by atoms with Crippen LogP contribution in [0.2, 0.25) is 0 Å². The van der Waals surface area contributed by atoms with Gasteiger partial charge < -0.3 is 20.5 Å². The van der Waals surface area contributed by atoms with Crippen molar-refractivity contribution in [1.82, 2.24) is 10.3 Å². The van der Waals surface area contributed by atoms with Crippen LogP contribution in [0.5, 0.6) is 5.88 Å². The highest BCUT2D eigenvalue weighted by molar-refractivity contribution is 5.77. The van der Waals surface area contributed by atoms with E-state index in [4.69, 9.17) is 15.2 Å². The van der Waals surface area contributed by atoms with Crippen molar-refractivity contribution >= 4 is 5.96 Å². The molecule has 2 rings (SSSR count). The van der Waals surface area contributed by atoms with Crippen molar-refractivity contribution in [3.8, 4) is 5.88 Å². The van der Waals surface area contributed by atoms with Crippen molar-refractivity contribution in [1.29, 1.82) is 0 Å². The van der Waals surface area contributed by atoms with Crippen LogP contribution in [-0.2, 0) is 11.3 Å². The molecule has 0 unspecified atom stereocenters. The molecule has 0 bridgehead atoms. The molecular weight excluding hydrogens is 292 g/mol. The molecule has 3 N–H and O–H groups in total. The maximum atomic E-state index is 5.90. The summed E-state index contributed by atoms with van der Waals surface area (Å²) < 4.78 is 11.2. The van der Waals surface area contributed by atoms with Gasteiger partial charge in [-0.05, 0) is 50.7 Å². The Morgan fingerprint density at radius 2 is 2.26 bits per heavy atom. The lowest BCUT2D eigenvalue weighted by molar-refractivity contribution is 0.145. The molecule has 0 spiro atoms. The number of nitrogens with two attached hydrogens (primary N) is 1. The first-order chi connectivity index (χ1) is 11.3. The first-order valence-electron chi connectivity index (χ1n) is 8.51. The lowest BCUT2D eigenvalue weighted by Gasteiger charge is -2.12. The molecule has 128 valence electrons. The average Bonchev–Trinajstić information content (AvgIpc) is 3.06. The zero-order valence-electron chi connectivity index (χ0n) is 14.0. The lowest BCUT2D eigenvalue weighted by Crippen LogP contribution is -2.32. The minimum absolute atomic E-state index is 0.318. The molecule has 6 heteroatoms. The summed E-state index contributed by atoms with van der Waals surface area (Å²) in [5, 5.41) is 3.09. The molecule has 1 aromatic heterocycles. The van der Waals surface area contributed by atoms with Crippen molar-refractivity contribution in [2.75, 3.05) is 19.8 Å². The minimum atomic E-state index is 0.318. The molecule has 1 fully saturated rings. The largest absolute Gasteiger partial charge is 0.474 e. The fraction of sp³-hybridized carbons (Fsp3) is 0.647. The molecule has 1 heterocycles. The number of hydrogen-bond acceptors (Lipinski definition) is 4. The van der Waals surface area contributed by atoms with Gasteiger partial charge in [-0.1, -0.05) is 0 Å². The predicted octanol–water partition coefficient (Wildman–Crippen LogP) is 2.23. The molecule has 1 aliphatic rings. The Kier molecular flexibility index (Phi) is 7.66. The number of rotatable bonds is 9. The number of aromatic nitrogens is 1. The van der Waals surface area contributed by atoms with Gasteiger partial charge in [0.1, 0.15) is 6.10 Å². The Morgan fingerprint density at radius 1 is 1.43 bits per heavy atom. The molecule has 0 saturated heterocycles. The molecule has 0 atom stereocenters. The molecule has 0 aliphatic heterocycles. The zero-order valence-corrected chi connectivity index (χ0v) is 14.0. The van der Waals surface area contributed by atoms with Crippen LogP contribution in [0.15, 0.2) is 23.3 Å². The van der Waals surface area contributed by atoms with Crippen LogP contribution in [-0.4, -0.2) is 36.8 Å². The molecule has 1 aliphatic carbocycles. The second-order valence-corrected chi connectivity index (χ2v) is 5.71. The highest BCUT2D eigenvalue weighted by Gasteiger charge is 2.16. The third-order valence-corrected chi connectivity index (χ3v) is 3.80. The van der Waals surface area contributed by atoms with Gasteiger partial charge in [-0.3, -0.25) is 0 Å². The summed E-state index contributed by atoms with van der Waals surface area (Å²) in [5.74, 6) is 1.14. The molecule has 23 heavy (non-hydrogen) atoms. The summed E-state index contributed by atoms with van der Waals surface area (Å²) in [4.78, 5) is 8.62. The molecule has 0 amide bonds. The van der Waals surface area contributed by atoms with Gasteiger partial charge in [0, 0.05) is 32.0 Å². The zero-order chi connectivity index (χ0) is 16.3. The molecule has 1 aromatic rings. The van der Waals surface area contributed by atoms with Crippen LogP contribution in [0, 0.1) is 0 Å². The van der Waals surface area contributed by atoms with E-state index in [1.54, 1.807) is 6.20 Å². The number of aliphatic imine (C=N–C) groups is 1. The van der Waals surface area contributed by atoms with Gasteiger partial charge in [-0.25, -0.2) is 9.98 Å². The molecule has 0 radical (unpaired) electrons. The maximum Gasteiger partial charge on any atom is 0.213 e. The third-order valence-electron chi connectivity index (χ3n) is 3.80. The SMILES string of the molecule is CCOCCCNC(N)=NCc1ccnc(OC2CCCC2)c1. The number of nitrogens with zero attached hydrogens (tertiary/aromatic N) is 2. The second-order valence-electron chi connectivity index (χ2n) is 5.71. The van der Waals surface area contributed by atoms with E-state index in [0.717, 1.165) is 44.6 Å². The summed E-state index contributed by atoms with van der Waals surface area (Å²) in [6.07, 6.45) is 7.75. The molecule has 1 saturated carbocycles. The maximum absolute atomic E-state index is 5.90. The van der Waals surface area contributed by atoms with Gasteiger partial charge in [0.2, 0.25) is 5.88 Å². The van der Waals surface area contributed by atoms with Gasteiger partial charge in [0.15, 0.2) is 5.96 Å². The Morgan fingerprint density at radius 3 is 3.04 bits per heavy atom. The summed E-state index contributed by atoms with van der Waals surface area (Å²) in [5.41, 5.74) is 6.91. The van der Waals surface area contributed by atoms with Crippen LogP contribution in [0.4, 0.5) is 0 Å². The minimum Gasteiger partial charge on any atom is -0.474 e. The third kappa shape index (κ3) is 6.86. The Balaban J connectivity index is 1.74. The first-order valence-corrected chi connectivity index (χ1v) is 8.51. The number of ether oxygens (including phenoxy) is 2. The Hall–Kier alpha value is -1.82. The van der Waals surface area contributed by atoms with E-state index in [1.807, 2.05) is 19.1 Å². The van der Waals surface area contributed by atoms with Crippen molar-refractivity contribution in [3.63, 3.8) is 0 Å². The van der Waals surface area contributed by atoms with Gasteiger partial charge in [-0.15, -0.1) is 0 Å². The van der Waals surface area contributed by atoms with Crippen LogP contribution < -0.4 is 15.8 Å². The number of nitrogens with one attached hydrogen (secondary N) is 1. The molecule has 0 aromatic carbocycles. The number of hydrogen-bond donors (Lipinski definition) is 2. The van der Waals surface area contributed by atoms with E-state index in [0.29, 0.717) is 24.5 Å². The summed E-state index contributed by atoms with van der Waals surface area (Å²) in [6.45, 7) is 4.76. The summed E-state index contributed by atoms with van der Waals surface area (Å²) in [7, 11) is 0. The van der Waals surface area contributed by atoms with Gasteiger partial charge in [0.25, 0.3) is 0 Å². The fourth-order valence-corrected chi connectivity index (χ4v) is 2.56. The van der Waals surface area contributed by atoms with Gasteiger partial charge in [0.05, 0.1) is 6.54 Å². The first kappa shape index (κ1) is 17.5. The molecular formula is C17H28N4O2. The standard InChI is InChI=1S/C17H28N4O2/c1-2-22-11-5-9-20-17(18)21-13-14-8-10-19-16(12-14)23-15-6-3-4-7-15/h8,10,12,15H,2-7,9,11,13H2,1H3,(H3,18,20,21). The van der Waals surface area contributed by atoms with Gasteiger partial charge >= 0.3 is 0 Å². The second kappa shape index (κ2) is 10.0. The van der Waals surface area contributed by atoms with E-state index in [9.17, 15) is 0 Å². The van der Waals surface area contributed by atoms with E-state index in [-0.39, 0.29) is 0 Å². The van der Waals surface area contributed by atoms with Crippen molar-refractivity contribution < 1.29 is 9.47 Å². The lowest BCUT2D eigenvalue weighted by atomic mass is 10.2. The van der Waals surface area contributed by atoms with Crippen LogP contribution >= 0.6 is 0 Å². The van der Waals surface area contributed by atoms with E-state index >= 15 is 0 Å². The van der Waals surface area contributed by atoms with Crippen molar-refractivity contribution in [3.05, 3.63) is 23.9 Å². The van der Waals surface area contributed by atoms with E-state index < -0.39 is 0 Å². The monoisotopic (exact) mass is 320 g/mol. The predicted molar refractivity (Wildman–Crippen MR) is 91.6 cm³/mol. The highest BCUT2D eigenvalue weighted by Crippen LogP contribution is 2.23. The van der Waals surface area contributed by atoms with E-state index in [1.165, 1.54) is 12.8 Å².